The number of aromatic nitrogens is 2. The lowest BCUT2D eigenvalue weighted by atomic mass is 10.1. The van der Waals surface area contributed by atoms with Crippen LogP contribution in [0.2, 0.25) is 0 Å². The summed E-state index contributed by atoms with van der Waals surface area (Å²) in [6.07, 6.45) is 6.49. The van der Waals surface area contributed by atoms with E-state index in [1.165, 1.54) is 19.3 Å². The molecule has 2 N–H and O–H groups in total. The molecule has 0 aliphatic rings. The van der Waals surface area contributed by atoms with Crippen LogP contribution in [0.25, 0.3) is 11.3 Å². The lowest BCUT2D eigenvalue weighted by Gasteiger charge is -2.10. The summed E-state index contributed by atoms with van der Waals surface area (Å²) in [4.78, 5) is 14.5. The predicted octanol–water partition coefficient (Wildman–Crippen LogP) is 3.61. The van der Waals surface area contributed by atoms with Gasteiger partial charge in [-0.3, -0.25) is 0 Å². The fourth-order valence-electron chi connectivity index (χ4n) is 2.21. The maximum Gasteiger partial charge on any atom is 0.253 e. The first-order chi connectivity index (χ1) is 12.1. The highest BCUT2D eigenvalue weighted by atomic mass is 16.5. The Morgan fingerprint density at radius 2 is 1.88 bits per heavy atom. The summed E-state index contributed by atoms with van der Waals surface area (Å²) in [5.41, 5.74) is 7.60. The Balaban J connectivity index is 2.01. The molecule has 2 aromatic rings. The van der Waals surface area contributed by atoms with Gasteiger partial charge < -0.3 is 15.4 Å². The van der Waals surface area contributed by atoms with Gasteiger partial charge in [0.2, 0.25) is 0 Å². The third kappa shape index (κ3) is 6.06. The van der Waals surface area contributed by atoms with Crippen LogP contribution in [0, 0.1) is 0 Å². The van der Waals surface area contributed by atoms with Gasteiger partial charge in [0.05, 0.1) is 12.3 Å². The molecule has 2 rings (SSSR count). The fourth-order valence-corrected chi connectivity index (χ4v) is 2.21. The second kappa shape index (κ2) is 9.61. The molecule has 0 unspecified atom stereocenters. The zero-order valence-corrected chi connectivity index (χ0v) is 15.3. The van der Waals surface area contributed by atoms with Crippen molar-refractivity contribution in [3.05, 3.63) is 36.5 Å². The van der Waals surface area contributed by atoms with Gasteiger partial charge in [0.15, 0.2) is 5.96 Å². The van der Waals surface area contributed by atoms with Crippen molar-refractivity contribution in [2.45, 2.75) is 32.6 Å². The van der Waals surface area contributed by atoms with Crippen LogP contribution in [0.3, 0.4) is 0 Å². The molecule has 0 atom stereocenters. The largest absolute Gasteiger partial charge is 0.494 e. The van der Waals surface area contributed by atoms with E-state index in [9.17, 15) is 0 Å². The fraction of sp³-hybridized carbons (Fsp3) is 0.421. The van der Waals surface area contributed by atoms with Crippen molar-refractivity contribution < 1.29 is 4.74 Å². The molecule has 1 aromatic heterocycles. The zero-order chi connectivity index (χ0) is 18.1. The number of nitrogens with two attached hydrogens (primary N) is 1. The molecule has 0 fully saturated rings. The Morgan fingerprint density at radius 3 is 2.56 bits per heavy atom. The van der Waals surface area contributed by atoms with Gasteiger partial charge in [-0.1, -0.05) is 26.2 Å². The van der Waals surface area contributed by atoms with E-state index in [2.05, 4.69) is 21.9 Å². The van der Waals surface area contributed by atoms with Gasteiger partial charge in [-0.25, -0.2) is 9.97 Å². The summed E-state index contributed by atoms with van der Waals surface area (Å²) in [6.45, 7) is 2.97. The highest BCUT2D eigenvalue weighted by molar-refractivity contribution is 5.79. The SMILES string of the molecule is CCCCCCOc1ccc(-c2ccnc(/N=C(/N)N(C)C)n2)cc1. The molecular formula is C19H27N5O. The number of benzene rings is 1. The number of hydrogen-bond acceptors (Lipinski definition) is 4. The van der Waals surface area contributed by atoms with Crippen molar-refractivity contribution in [3.63, 3.8) is 0 Å². The summed E-state index contributed by atoms with van der Waals surface area (Å²) in [5, 5.41) is 0. The first kappa shape index (κ1) is 18.7. The highest BCUT2D eigenvalue weighted by Gasteiger charge is 2.04. The van der Waals surface area contributed by atoms with E-state index in [1.54, 1.807) is 11.1 Å². The quantitative estimate of drug-likeness (QED) is 0.451. The average molecular weight is 341 g/mol. The van der Waals surface area contributed by atoms with Crippen LogP contribution in [0.1, 0.15) is 32.6 Å². The van der Waals surface area contributed by atoms with Gasteiger partial charge in [-0.2, -0.15) is 4.99 Å². The first-order valence-electron chi connectivity index (χ1n) is 8.68. The Kier molecular flexibility index (Phi) is 7.19. The normalized spacial score (nSPS) is 11.4. The maximum atomic E-state index is 5.81. The van der Waals surface area contributed by atoms with Crippen LogP contribution in [0.15, 0.2) is 41.5 Å². The molecule has 0 bridgehead atoms. The van der Waals surface area contributed by atoms with E-state index in [0.29, 0.717) is 11.9 Å². The van der Waals surface area contributed by atoms with E-state index in [-0.39, 0.29) is 0 Å². The second-order valence-corrected chi connectivity index (χ2v) is 6.04. The van der Waals surface area contributed by atoms with Crippen LogP contribution in [-0.4, -0.2) is 41.5 Å². The number of rotatable bonds is 8. The molecule has 0 amide bonds. The summed E-state index contributed by atoms with van der Waals surface area (Å²) < 4.78 is 5.77. The van der Waals surface area contributed by atoms with E-state index >= 15 is 0 Å². The molecule has 0 spiro atoms. The predicted molar refractivity (Wildman–Crippen MR) is 102 cm³/mol. The Morgan fingerprint density at radius 1 is 1.12 bits per heavy atom. The average Bonchev–Trinajstić information content (AvgIpc) is 2.62. The summed E-state index contributed by atoms with van der Waals surface area (Å²) in [5.74, 6) is 1.59. The van der Waals surface area contributed by atoms with Gasteiger partial charge in [0.25, 0.3) is 5.95 Å². The third-order valence-corrected chi connectivity index (χ3v) is 3.73. The van der Waals surface area contributed by atoms with Crippen molar-refractivity contribution >= 4 is 11.9 Å². The van der Waals surface area contributed by atoms with Crippen molar-refractivity contribution in [1.82, 2.24) is 14.9 Å². The van der Waals surface area contributed by atoms with Crippen molar-refractivity contribution in [3.8, 4) is 17.0 Å². The first-order valence-corrected chi connectivity index (χ1v) is 8.68. The summed E-state index contributed by atoms with van der Waals surface area (Å²) >= 11 is 0. The molecular weight excluding hydrogens is 314 g/mol. The molecule has 1 aromatic carbocycles. The minimum absolute atomic E-state index is 0.347. The molecule has 0 aliphatic carbocycles. The minimum atomic E-state index is 0.347. The molecule has 134 valence electrons. The Hall–Kier alpha value is -2.63. The van der Waals surface area contributed by atoms with E-state index in [1.807, 2.05) is 44.4 Å². The van der Waals surface area contributed by atoms with E-state index in [4.69, 9.17) is 10.5 Å². The summed E-state index contributed by atoms with van der Waals surface area (Å²) in [7, 11) is 3.65. The molecule has 1 heterocycles. The van der Waals surface area contributed by atoms with Gasteiger partial charge in [0.1, 0.15) is 5.75 Å². The molecule has 0 saturated carbocycles. The highest BCUT2D eigenvalue weighted by Crippen LogP contribution is 2.22. The second-order valence-electron chi connectivity index (χ2n) is 6.04. The van der Waals surface area contributed by atoms with Crippen LogP contribution >= 0.6 is 0 Å². The molecule has 0 radical (unpaired) electrons. The molecule has 0 saturated heterocycles. The molecule has 0 aliphatic heterocycles. The van der Waals surface area contributed by atoms with Crippen molar-refractivity contribution in [1.29, 1.82) is 0 Å². The van der Waals surface area contributed by atoms with Crippen molar-refractivity contribution in [2.24, 2.45) is 10.7 Å². The third-order valence-electron chi connectivity index (χ3n) is 3.73. The zero-order valence-electron chi connectivity index (χ0n) is 15.3. The molecule has 25 heavy (non-hydrogen) atoms. The number of unbranched alkanes of at least 4 members (excludes halogenated alkanes) is 3. The van der Waals surface area contributed by atoms with Crippen LogP contribution in [0.5, 0.6) is 5.75 Å². The smallest absolute Gasteiger partial charge is 0.253 e. The maximum absolute atomic E-state index is 5.81. The van der Waals surface area contributed by atoms with Crippen LogP contribution < -0.4 is 10.5 Å². The van der Waals surface area contributed by atoms with Crippen molar-refractivity contribution in [2.75, 3.05) is 20.7 Å². The van der Waals surface area contributed by atoms with E-state index < -0.39 is 0 Å². The topological polar surface area (TPSA) is 76.6 Å². The van der Waals surface area contributed by atoms with Gasteiger partial charge in [-0.15, -0.1) is 0 Å². The molecule has 6 heteroatoms. The lowest BCUT2D eigenvalue weighted by molar-refractivity contribution is 0.305. The Labute approximate surface area is 149 Å². The summed E-state index contributed by atoms with van der Waals surface area (Å²) in [6, 6.07) is 9.77. The number of ether oxygens (including phenoxy) is 1. The van der Waals surface area contributed by atoms with Crippen LogP contribution in [-0.2, 0) is 0 Å². The van der Waals surface area contributed by atoms with Crippen LogP contribution in [0.4, 0.5) is 5.95 Å². The minimum Gasteiger partial charge on any atom is -0.494 e. The number of nitrogens with zero attached hydrogens (tertiary/aromatic N) is 4. The van der Waals surface area contributed by atoms with E-state index in [0.717, 1.165) is 30.0 Å². The lowest BCUT2D eigenvalue weighted by Crippen LogP contribution is -2.29. The Bertz CT molecular complexity index is 682. The van der Waals surface area contributed by atoms with Gasteiger partial charge in [-0.05, 0) is 36.8 Å². The van der Waals surface area contributed by atoms with Gasteiger partial charge >= 0.3 is 0 Å². The standard InChI is InChI=1S/C19H27N5O/c1-4-5-6-7-14-25-16-10-8-15(9-11-16)17-12-13-21-19(22-17)23-18(20)24(2)3/h8-13H,4-7,14H2,1-3H3,(H2,20,21,22,23). The monoisotopic (exact) mass is 341 g/mol. The number of aliphatic imine (C=N–C) groups is 1. The number of hydrogen-bond donors (Lipinski definition) is 1. The molecule has 6 nitrogen and oxygen atoms in total. The number of guanidine groups is 1. The van der Waals surface area contributed by atoms with Gasteiger partial charge in [0, 0.05) is 25.9 Å².